The maximum atomic E-state index is 13.2. The Kier molecular flexibility index (Phi) is 27.9. The number of unbranched alkanes of at least 4 members (excludes halogenated alkanes) is 2. The largest absolute Gasteiger partial charge is 0.497 e. The van der Waals surface area contributed by atoms with Crippen molar-refractivity contribution in [3.63, 3.8) is 0 Å². The lowest BCUT2D eigenvalue weighted by Gasteiger charge is -2.20. The van der Waals surface area contributed by atoms with Gasteiger partial charge in [0.05, 0.1) is 98.1 Å². The van der Waals surface area contributed by atoms with Crippen molar-refractivity contribution in [2.24, 2.45) is 0 Å². The number of carbonyl (C=O) groups excluding carboxylic acids is 3. The van der Waals surface area contributed by atoms with Gasteiger partial charge in [0.2, 0.25) is 5.91 Å². The molecule has 3 amide bonds. The quantitative estimate of drug-likeness (QED) is 0.00405. The Morgan fingerprint density at radius 1 is 0.837 bits per heavy atom. The summed E-state index contributed by atoms with van der Waals surface area (Å²) < 4.78 is 156. The molecule has 0 spiro atoms. The number of hydrogen-bond acceptors (Lipinski definition) is 28. The molecule has 0 radical (unpaired) electrons. The number of nitrogens with two attached hydrogens (primary N) is 2. The van der Waals surface area contributed by atoms with Gasteiger partial charge in [-0.1, -0.05) is 24.3 Å². The zero-order chi connectivity index (χ0) is 72.2. The molecule has 2 aromatic carbocycles. The summed E-state index contributed by atoms with van der Waals surface area (Å²) in [6.45, 7) is -0.710. The van der Waals surface area contributed by atoms with Crippen molar-refractivity contribution >= 4 is 90.1 Å². The Morgan fingerprint density at radius 3 is 2.23 bits per heavy atom. The van der Waals surface area contributed by atoms with Gasteiger partial charge < -0.3 is 84.9 Å². The number of allylic oxidation sites excluding steroid dienone is 1. The van der Waals surface area contributed by atoms with Crippen molar-refractivity contribution < 1.29 is 129 Å². The summed E-state index contributed by atoms with van der Waals surface area (Å²) in [5.74, 6) is 1.60. The normalized spacial score (nSPS) is 16.2. The maximum Gasteiger partial charge on any atom is 0.490 e. The molecule has 2 aliphatic heterocycles. The van der Waals surface area contributed by atoms with Gasteiger partial charge in [-0.15, -0.1) is 0 Å². The number of nitrogens with zero attached hydrogens (tertiary/aromatic N) is 4. The number of rotatable bonds is 35. The average molecular weight is 1470 g/mol. The van der Waals surface area contributed by atoms with Crippen LogP contribution in [0, 0.1) is 39.9 Å². The molecule has 1 aromatic heterocycles. The van der Waals surface area contributed by atoms with Crippen LogP contribution in [-0.4, -0.2) is 162 Å². The summed E-state index contributed by atoms with van der Waals surface area (Å²) in [5.41, 5.74) is 8.52. The van der Waals surface area contributed by atoms with Gasteiger partial charge >= 0.3 is 41.2 Å². The first-order valence-electron chi connectivity index (χ1n) is 28.2. The molecule has 44 heteroatoms. The number of nitrogen functional groups attached to an aromatic ring is 2. The van der Waals surface area contributed by atoms with E-state index in [4.69, 9.17) is 64.8 Å². The van der Waals surface area contributed by atoms with E-state index in [0.717, 1.165) is 41.3 Å². The van der Waals surface area contributed by atoms with Crippen LogP contribution in [0.3, 0.4) is 0 Å². The monoisotopic (exact) mass is 1470 g/mol. The Labute approximate surface area is 554 Å². The van der Waals surface area contributed by atoms with Crippen molar-refractivity contribution in [1.82, 2.24) is 25.5 Å². The minimum absolute atomic E-state index is 0.0365. The molecule has 1 aliphatic carbocycles. The number of alkyl carbamates (subject to hydrolysis) is 1. The lowest BCUT2D eigenvalue weighted by molar-refractivity contribution is -0.121. The zero-order valence-electron chi connectivity index (χ0n) is 50.6. The van der Waals surface area contributed by atoms with Crippen LogP contribution >= 0.6 is 23.5 Å². The predicted molar refractivity (Wildman–Crippen MR) is 332 cm³/mol. The number of phosphoric acid groups is 3. The molecule has 0 saturated carbocycles. The number of carboxylic acids is 1. The second-order valence-corrected chi connectivity index (χ2v) is 27.2. The van der Waals surface area contributed by atoms with E-state index in [1.807, 2.05) is 6.07 Å². The number of amides is 3. The highest BCUT2D eigenvalue weighted by Crippen LogP contribution is 2.66. The maximum absolute atomic E-state index is 13.2. The van der Waals surface area contributed by atoms with Gasteiger partial charge in [0, 0.05) is 60.6 Å². The van der Waals surface area contributed by atoms with E-state index in [0.29, 0.717) is 19.3 Å². The molecule has 2 unspecified atom stereocenters. The topological polar surface area (TPSA) is 620 Å². The van der Waals surface area contributed by atoms with E-state index in [9.17, 15) is 83.8 Å². The first kappa shape index (κ1) is 78.0. The Morgan fingerprint density at radius 2 is 1.55 bits per heavy atom. The van der Waals surface area contributed by atoms with Crippen molar-refractivity contribution in [3.8, 4) is 46.4 Å². The highest BCUT2D eigenvalue weighted by Gasteiger charge is 2.44. The smallest absolute Gasteiger partial charge is 0.490 e. The molecule has 5 atom stereocenters. The van der Waals surface area contributed by atoms with Crippen LogP contribution in [0.2, 0.25) is 0 Å². The number of fused-ring (bicyclic) bond motifs is 2. The van der Waals surface area contributed by atoms with E-state index in [2.05, 4.69) is 45.9 Å². The Hall–Kier alpha value is -8.98. The molecule has 15 N–H and O–H groups in total. The number of phosphoric ester groups is 1. The van der Waals surface area contributed by atoms with Gasteiger partial charge in [-0.05, 0) is 54.8 Å². The minimum Gasteiger partial charge on any atom is -0.497 e. The third-order valence-electron chi connectivity index (χ3n) is 13.2. The highest BCUT2D eigenvalue weighted by molar-refractivity contribution is 7.86. The van der Waals surface area contributed by atoms with Crippen molar-refractivity contribution in [3.05, 3.63) is 105 Å². The van der Waals surface area contributed by atoms with Crippen LogP contribution in [-0.2, 0) is 80.3 Å². The molecule has 39 nitrogen and oxygen atoms in total. The number of carbonyl (C=O) groups is 4. The van der Waals surface area contributed by atoms with Gasteiger partial charge in [0.25, 0.3) is 26.1 Å². The number of carboxylic acid groups (broad SMARTS) is 1. The highest BCUT2D eigenvalue weighted by atomic mass is 32.2. The van der Waals surface area contributed by atoms with Crippen molar-refractivity contribution in [2.75, 3.05) is 77.3 Å². The van der Waals surface area contributed by atoms with Crippen LogP contribution in [0.5, 0.6) is 0 Å². The van der Waals surface area contributed by atoms with Crippen molar-refractivity contribution in [2.45, 2.75) is 66.8 Å². The Bertz CT molecular complexity index is 4520. The molecule has 6 rings (SSSR count). The van der Waals surface area contributed by atoms with Gasteiger partial charge in [0.15, 0.2) is 21.1 Å². The second kappa shape index (κ2) is 35.0. The summed E-state index contributed by atoms with van der Waals surface area (Å²) in [6, 6.07) is 11.6. The standard InChI is InChI=1S/C54H61N10O29P3S2/c55-15-5-19-87-41-27-44(90-42(41)31-89-95(74,75)93-96(76,77)92-94(71,72)73)64-29-34(50(59)63-53(64)69)6-4-17-62-54(70)88-25-24-86-30-32(28-56)14-20-84-22-23-85-21-18-60-43(65)7-2-1-3-16-61-51(66)33-8-9-35(38(26-33)52(67)68)45-36-10-12-39(57)48(97(78,79)80)46(36)91-47-37(45)11-13-40(58)49(47)98(81,82)83/h5,8-13,19,26,29-30,41-42,44,57H,1-3,7,14,16-18,20-25,27,31,58H2,(H,60,65)(H,61,66)(H,62,70)(H,67,68)(H,74,75)(H,76,77)(H2,59,63,69)(H2,71,72,73)(H,78,79,80)(H,81,82,83)/b19-5+,32-30-,57-39?/t41-,42-,44-/m1/s1. The SMILES string of the molecule is N#C/C=C/O[C@@H]1C[C@H](n2cc(C#CCNC(=O)OCCO/C=C(\C#N)CCOCCOCCNC(=O)CCCCCNC(=O)c3ccc(-c4c5ccc(=N)c(S(=O)(=O)O)c-5oc5c(S(=O)(=O)O)c(N)ccc45)c(C(=O)O)c3)c(N)nc2=O)O[C@@H]1COP(=O)(O)OP(=O)(O)OP(=O)(O)O. The van der Waals surface area contributed by atoms with E-state index >= 15 is 0 Å². The fraction of sp³-hybridized carbons (Fsp3) is 0.352. The fourth-order valence-electron chi connectivity index (χ4n) is 9.00. The van der Waals surface area contributed by atoms with E-state index < -0.39 is 130 Å². The van der Waals surface area contributed by atoms with E-state index in [1.54, 1.807) is 6.07 Å². The summed E-state index contributed by atoms with van der Waals surface area (Å²) in [7, 11) is -27.6. The number of hydrogen-bond donors (Lipinski definition) is 13. The molecular formula is C54H61N10O29P3S2. The third-order valence-corrected chi connectivity index (χ3v) is 18.8. The molecule has 1 fully saturated rings. The van der Waals surface area contributed by atoms with Gasteiger partial charge in [-0.25, -0.2) is 28.1 Å². The zero-order valence-corrected chi connectivity index (χ0v) is 54.9. The molecule has 1 saturated heterocycles. The average Bonchev–Trinajstić information content (AvgIpc) is 0.799. The molecule has 528 valence electrons. The Balaban J connectivity index is 0.834. The molecule has 0 bridgehead atoms. The molecule has 3 aromatic rings. The fourth-order valence-corrected chi connectivity index (χ4v) is 13.5. The lowest BCUT2D eigenvalue weighted by atomic mass is 9.89. The molecule has 98 heavy (non-hydrogen) atoms. The van der Waals surface area contributed by atoms with Crippen LogP contribution in [0.15, 0.2) is 91.8 Å². The van der Waals surface area contributed by atoms with Crippen LogP contribution in [0.25, 0.3) is 33.4 Å². The number of anilines is 2. The van der Waals surface area contributed by atoms with Crippen LogP contribution < -0.4 is 38.5 Å². The summed E-state index contributed by atoms with van der Waals surface area (Å²) in [4.78, 5) is 102. The first-order valence-corrected chi connectivity index (χ1v) is 35.6. The van der Waals surface area contributed by atoms with Crippen molar-refractivity contribution in [1.29, 1.82) is 15.9 Å². The van der Waals surface area contributed by atoms with Gasteiger partial charge in [0.1, 0.15) is 37.5 Å². The molecule has 3 aliphatic rings. The summed E-state index contributed by atoms with van der Waals surface area (Å²) in [5, 5.41) is 43.6. The minimum atomic E-state index is -5.85. The second-order valence-electron chi connectivity index (χ2n) is 20.1. The number of nitriles is 2. The molecule has 3 heterocycles. The van der Waals surface area contributed by atoms with Gasteiger partial charge in [-0.3, -0.25) is 33.2 Å². The summed E-state index contributed by atoms with van der Waals surface area (Å²) in [6.07, 6.45) is 0.956. The van der Waals surface area contributed by atoms with E-state index in [-0.39, 0.29) is 129 Å². The van der Waals surface area contributed by atoms with E-state index in [1.165, 1.54) is 30.5 Å². The van der Waals surface area contributed by atoms with Crippen LogP contribution in [0.1, 0.15) is 71.0 Å². The number of ether oxygens (including phenoxy) is 6. The number of nitrogens with one attached hydrogen (secondary N) is 4. The summed E-state index contributed by atoms with van der Waals surface area (Å²) >= 11 is 0. The predicted octanol–water partition coefficient (Wildman–Crippen LogP) is 2.68. The first-order chi connectivity index (χ1) is 46.1. The lowest BCUT2D eigenvalue weighted by Crippen LogP contribution is -2.29. The van der Waals surface area contributed by atoms with Gasteiger partial charge in [-0.2, -0.15) is 41.0 Å². The number of benzene rings is 3. The number of aromatic nitrogens is 2. The van der Waals surface area contributed by atoms with Crippen LogP contribution in [0.4, 0.5) is 16.3 Å². The third kappa shape index (κ3) is 23.1. The number of aromatic carboxylic acids is 1. The molecular weight excluding hydrogens is 1410 g/mol.